The normalized spacial score (nSPS) is 11.9. The molecule has 0 aliphatic carbocycles. The van der Waals surface area contributed by atoms with Gasteiger partial charge in [-0.1, -0.05) is 43.1 Å². The Morgan fingerprint density at radius 2 is 1.97 bits per heavy atom. The zero-order chi connectivity index (χ0) is 24.6. The molecule has 0 aliphatic rings. The molecule has 5 aromatic heterocycles. The summed E-state index contributed by atoms with van der Waals surface area (Å²) in [6.45, 7) is 2.87. The van der Waals surface area contributed by atoms with Crippen molar-refractivity contribution >= 4 is 43.8 Å². The SMILES string of the molecule is CCCCCn1c2nc(Br)[nH]c2c(=O)n2c(CCCc3nc(-c4c[nH]c5ccccc45)no3)nnc12. The van der Waals surface area contributed by atoms with Crippen molar-refractivity contribution in [2.75, 3.05) is 0 Å². The fraction of sp³-hybridized carbons (Fsp3) is 0.333. The molecule has 0 amide bonds. The number of aryl methyl sites for hydroxylation is 3. The van der Waals surface area contributed by atoms with Gasteiger partial charge >= 0.3 is 0 Å². The topological polar surface area (TPSA) is 136 Å². The Hall–Kier alpha value is -3.80. The number of para-hydroxylation sites is 1. The summed E-state index contributed by atoms with van der Waals surface area (Å²) in [5.41, 5.74) is 2.75. The van der Waals surface area contributed by atoms with E-state index in [9.17, 15) is 4.79 Å². The van der Waals surface area contributed by atoms with Crippen LogP contribution in [-0.2, 0) is 19.4 Å². The van der Waals surface area contributed by atoms with Crippen LogP contribution in [0, 0.1) is 0 Å². The van der Waals surface area contributed by atoms with Crippen molar-refractivity contribution in [2.45, 2.75) is 52.0 Å². The fourth-order valence-electron chi connectivity index (χ4n) is 4.58. The Labute approximate surface area is 213 Å². The van der Waals surface area contributed by atoms with Gasteiger partial charge in [-0.25, -0.2) is 9.38 Å². The van der Waals surface area contributed by atoms with Gasteiger partial charge in [-0.3, -0.25) is 9.36 Å². The van der Waals surface area contributed by atoms with E-state index < -0.39 is 0 Å². The maximum absolute atomic E-state index is 13.3. The van der Waals surface area contributed by atoms with E-state index in [1.165, 1.54) is 0 Å². The van der Waals surface area contributed by atoms with E-state index in [0.29, 0.717) is 65.0 Å². The highest BCUT2D eigenvalue weighted by molar-refractivity contribution is 9.10. The number of fused-ring (bicyclic) bond motifs is 3. The first-order valence-electron chi connectivity index (χ1n) is 12.0. The molecule has 6 rings (SSSR count). The number of hydrogen-bond acceptors (Lipinski definition) is 7. The number of rotatable bonds is 9. The lowest BCUT2D eigenvalue weighted by molar-refractivity contribution is 0.375. The molecule has 12 heteroatoms. The highest BCUT2D eigenvalue weighted by Gasteiger charge is 2.20. The molecule has 0 unspecified atom stereocenters. The quantitative estimate of drug-likeness (QED) is 0.201. The monoisotopic (exact) mass is 549 g/mol. The molecule has 0 radical (unpaired) electrons. The number of H-pyrrole nitrogens is 2. The predicted molar refractivity (Wildman–Crippen MR) is 138 cm³/mol. The molecular weight excluding hydrogens is 526 g/mol. The van der Waals surface area contributed by atoms with Crippen LogP contribution in [0.5, 0.6) is 0 Å². The number of aromatic amines is 2. The van der Waals surface area contributed by atoms with E-state index in [2.05, 4.69) is 58.1 Å². The Morgan fingerprint density at radius 3 is 2.86 bits per heavy atom. The van der Waals surface area contributed by atoms with Crippen molar-refractivity contribution in [3.05, 3.63) is 57.3 Å². The first-order chi connectivity index (χ1) is 17.6. The molecule has 0 saturated carbocycles. The minimum Gasteiger partial charge on any atom is -0.360 e. The van der Waals surface area contributed by atoms with E-state index >= 15 is 0 Å². The average molecular weight is 550 g/mol. The molecular formula is C24H24BrN9O2. The molecule has 184 valence electrons. The maximum atomic E-state index is 13.3. The zero-order valence-corrected chi connectivity index (χ0v) is 21.2. The van der Waals surface area contributed by atoms with Gasteiger partial charge < -0.3 is 14.5 Å². The van der Waals surface area contributed by atoms with Crippen LogP contribution < -0.4 is 5.56 Å². The Morgan fingerprint density at radius 1 is 1.08 bits per heavy atom. The number of hydrogen-bond donors (Lipinski definition) is 2. The Kier molecular flexibility index (Phi) is 5.88. The molecule has 2 N–H and O–H groups in total. The third-order valence-corrected chi connectivity index (χ3v) is 6.73. The summed E-state index contributed by atoms with van der Waals surface area (Å²) in [6.07, 6.45) is 6.81. The van der Waals surface area contributed by atoms with Gasteiger partial charge in [0.25, 0.3) is 5.56 Å². The van der Waals surface area contributed by atoms with Crippen molar-refractivity contribution in [1.29, 1.82) is 0 Å². The summed E-state index contributed by atoms with van der Waals surface area (Å²) >= 11 is 3.36. The van der Waals surface area contributed by atoms with Crippen LogP contribution in [0.1, 0.15) is 44.3 Å². The Balaban J connectivity index is 1.24. The fourth-order valence-corrected chi connectivity index (χ4v) is 4.95. The number of halogens is 1. The second kappa shape index (κ2) is 9.34. The largest absolute Gasteiger partial charge is 0.360 e. The van der Waals surface area contributed by atoms with E-state index in [1.54, 1.807) is 4.40 Å². The lowest BCUT2D eigenvalue weighted by Gasteiger charge is -2.09. The third kappa shape index (κ3) is 3.91. The molecule has 0 aliphatic heterocycles. The van der Waals surface area contributed by atoms with Gasteiger partial charge in [-0.2, -0.15) is 4.98 Å². The lowest BCUT2D eigenvalue weighted by atomic mass is 10.1. The van der Waals surface area contributed by atoms with Gasteiger partial charge in [-0.15, -0.1) is 10.2 Å². The average Bonchev–Trinajstić information content (AvgIpc) is 3.66. The van der Waals surface area contributed by atoms with Crippen molar-refractivity contribution in [3.8, 4) is 11.4 Å². The van der Waals surface area contributed by atoms with Gasteiger partial charge in [0, 0.05) is 42.0 Å². The lowest BCUT2D eigenvalue weighted by Crippen LogP contribution is -2.21. The molecule has 0 spiro atoms. The number of imidazole rings is 1. The molecule has 0 atom stereocenters. The van der Waals surface area contributed by atoms with E-state index in [4.69, 9.17) is 4.52 Å². The van der Waals surface area contributed by atoms with Crippen LogP contribution in [0.3, 0.4) is 0 Å². The number of aromatic nitrogens is 9. The number of unbranched alkanes of at least 4 members (excludes halogenated alkanes) is 2. The van der Waals surface area contributed by atoms with Gasteiger partial charge in [0.1, 0.15) is 5.82 Å². The molecule has 36 heavy (non-hydrogen) atoms. The first kappa shape index (κ1) is 22.7. The van der Waals surface area contributed by atoms with Crippen molar-refractivity contribution in [3.63, 3.8) is 0 Å². The molecule has 6 aromatic rings. The summed E-state index contributed by atoms with van der Waals surface area (Å²) < 4.78 is 9.57. The van der Waals surface area contributed by atoms with Crippen LogP contribution in [-0.4, -0.2) is 44.3 Å². The number of nitrogens with zero attached hydrogens (tertiary/aromatic N) is 7. The second-order valence-corrected chi connectivity index (χ2v) is 9.51. The van der Waals surface area contributed by atoms with Crippen LogP contribution in [0.25, 0.3) is 39.2 Å². The van der Waals surface area contributed by atoms with E-state index in [-0.39, 0.29) is 5.56 Å². The molecule has 0 saturated heterocycles. The maximum Gasteiger partial charge on any atom is 0.286 e. The van der Waals surface area contributed by atoms with Crippen LogP contribution in [0.4, 0.5) is 0 Å². The number of nitrogens with one attached hydrogen (secondary N) is 2. The molecule has 1 aromatic carbocycles. The minimum absolute atomic E-state index is 0.204. The summed E-state index contributed by atoms with van der Waals surface area (Å²) in [6, 6.07) is 8.00. The summed E-state index contributed by atoms with van der Waals surface area (Å²) in [5, 5.41) is 13.9. The van der Waals surface area contributed by atoms with Crippen LogP contribution >= 0.6 is 15.9 Å². The summed E-state index contributed by atoms with van der Waals surface area (Å²) in [4.78, 5) is 28.6. The van der Waals surface area contributed by atoms with Crippen molar-refractivity contribution in [2.24, 2.45) is 0 Å². The van der Waals surface area contributed by atoms with E-state index in [1.807, 2.05) is 35.0 Å². The minimum atomic E-state index is -0.204. The Bertz CT molecular complexity index is 1740. The summed E-state index contributed by atoms with van der Waals surface area (Å²) in [5.74, 6) is 2.21. The van der Waals surface area contributed by atoms with Crippen LogP contribution in [0.2, 0.25) is 0 Å². The predicted octanol–water partition coefficient (Wildman–Crippen LogP) is 4.43. The van der Waals surface area contributed by atoms with E-state index in [0.717, 1.165) is 35.7 Å². The third-order valence-electron chi connectivity index (χ3n) is 6.36. The second-order valence-electron chi connectivity index (χ2n) is 8.75. The number of benzene rings is 1. The highest BCUT2D eigenvalue weighted by Crippen LogP contribution is 2.26. The summed E-state index contributed by atoms with van der Waals surface area (Å²) in [7, 11) is 0. The molecule has 0 fully saturated rings. The van der Waals surface area contributed by atoms with Gasteiger partial charge in [0.15, 0.2) is 15.9 Å². The highest BCUT2D eigenvalue weighted by atomic mass is 79.9. The van der Waals surface area contributed by atoms with Gasteiger partial charge in [0.2, 0.25) is 17.5 Å². The molecule has 5 heterocycles. The van der Waals surface area contributed by atoms with Gasteiger partial charge in [0.05, 0.1) is 0 Å². The first-order valence-corrected chi connectivity index (χ1v) is 12.8. The van der Waals surface area contributed by atoms with Crippen molar-refractivity contribution < 1.29 is 4.52 Å². The molecule has 0 bridgehead atoms. The molecule has 11 nitrogen and oxygen atoms in total. The van der Waals surface area contributed by atoms with Gasteiger partial charge in [-0.05, 0) is 34.8 Å². The standard InChI is InChI=1S/C24H24BrN9O2/c1-2-3-6-12-33-21-19(28-23(25)29-21)22(35)34-17(30-31-24(33)34)10-7-11-18-27-20(32-36-18)15-13-26-16-9-5-4-8-14(15)16/h4-5,8-9,13,26H,2-3,6-7,10-12H2,1H3,(H,28,29). The smallest absolute Gasteiger partial charge is 0.286 e. The van der Waals surface area contributed by atoms with Crippen LogP contribution in [0.15, 0.2) is 44.5 Å². The van der Waals surface area contributed by atoms with Crippen molar-refractivity contribution in [1.82, 2.24) is 44.3 Å². The zero-order valence-electron chi connectivity index (χ0n) is 19.7.